The largest absolute Gasteiger partial charge is 0.497 e. The Morgan fingerprint density at radius 1 is 1.15 bits per heavy atom. The monoisotopic (exact) mass is 462 g/mol. The molecule has 2 amide bonds. The fraction of sp³-hybridized carbons (Fsp3) is 0.385. The number of ether oxygens (including phenoxy) is 4. The smallest absolute Gasteiger partial charge is 0.231 e. The molecule has 4 aliphatic heterocycles. The van der Waals surface area contributed by atoms with Crippen molar-refractivity contribution in [2.24, 2.45) is 11.8 Å². The number of amides is 2. The van der Waals surface area contributed by atoms with E-state index < -0.39 is 17.4 Å². The summed E-state index contributed by atoms with van der Waals surface area (Å²) in [4.78, 5) is 28.4. The number of hydrogen-bond acceptors (Lipinski definition) is 6. The first-order chi connectivity index (χ1) is 16.6. The molecular weight excluding hydrogens is 436 g/mol. The molecule has 1 N–H and O–H groups in total. The topological polar surface area (TPSA) is 86.3 Å². The molecule has 0 aliphatic carbocycles. The zero-order valence-corrected chi connectivity index (χ0v) is 18.9. The van der Waals surface area contributed by atoms with Gasteiger partial charge in [0.1, 0.15) is 11.4 Å². The van der Waals surface area contributed by atoms with Gasteiger partial charge in [0.05, 0.1) is 31.6 Å². The van der Waals surface area contributed by atoms with E-state index in [0.717, 1.165) is 16.9 Å². The van der Waals surface area contributed by atoms with Gasteiger partial charge in [0, 0.05) is 13.1 Å². The highest BCUT2D eigenvalue weighted by Gasteiger charge is 2.66. The van der Waals surface area contributed by atoms with E-state index in [1.165, 1.54) is 0 Å². The minimum Gasteiger partial charge on any atom is -0.497 e. The Labute approximate surface area is 197 Å². The van der Waals surface area contributed by atoms with E-state index in [9.17, 15) is 9.59 Å². The van der Waals surface area contributed by atoms with Crippen LogP contribution >= 0.6 is 0 Å². The van der Waals surface area contributed by atoms with Crippen LogP contribution < -0.4 is 19.5 Å². The average Bonchev–Trinajstić information content (AvgIpc) is 3.61. The first kappa shape index (κ1) is 21.0. The van der Waals surface area contributed by atoms with Crippen LogP contribution in [0.1, 0.15) is 11.1 Å². The van der Waals surface area contributed by atoms with Crippen LogP contribution in [0.25, 0.3) is 0 Å². The fourth-order valence-corrected chi connectivity index (χ4v) is 5.51. The summed E-state index contributed by atoms with van der Waals surface area (Å²) in [6, 6.07) is 13.5. The molecule has 6 rings (SSSR count). The van der Waals surface area contributed by atoms with Gasteiger partial charge in [0.15, 0.2) is 11.5 Å². The molecule has 34 heavy (non-hydrogen) atoms. The summed E-state index contributed by atoms with van der Waals surface area (Å²) >= 11 is 0. The second-order valence-corrected chi connectivity index (χ2v) is 9.17. The SMILES string of the molecule is COc1ccc(CCNC(=O)[C@@H]2[C@H]3C=C[C@]4(CN(Cc5ccc6c(c5)OCO6)C(=O)[C@@H]24)O3)cc1. The van der Waals surface area contributed by atoms with Crippen molar-refractivity contribution in [2.75, 3.05) is 27.0 Å². The molecule has 0 unspecified atom stereocenters. The number of likely N-dealkylation sites (tertiary alicyclic amines) is 1. The van der Waals surface area contributed by atoms with Crippen LogP contribution in [0.2, 0.25) is 0 Å². The fourth-order valence-electron chi connectivity index (χ4n) is 5.51. The summed E-state index contributed by atoms with van der Waals surface area (Å²) in [7, 11) is 1.63. The van der Waals surface area contributed by atoms with Crippen LogP contribution in [-0.2, 0) is 27.3 Å². The van der Waals surface area contributed by atoms with Crippen LogP contribution in [0.5, 0.6) is 17.2 Å². The highest BCUT2D eigenvalue weighted by molar-refractivity contribution is 5.93. The molecule has 0 saturated carbocycles. The van der Waals surface area contributed by atoms with Gasteiger partial charge in [0.25, 0.3) is 0 Å². The van der Waals surface area contributed by atoms with Crippen molar-refractivity contribution in [3.05, 3.63) is 65.7 Å². The minimum atomic E-state index is -0.726. The Hall–Kier alpha value is -3.52. The standard InChI is InChI=1S/C26H26N2O6/c1-31-18-5-2-16(3-6-18)9-11-27-24(29)22-20-8-10-26(34-20)14-28(25(30)23(22)26)13-17-4-7-19-21(12-17)33-15-32-19/h2-8,10,12,20,22-23H,9,11,13-15H2,1H3,(H,27,29)/t20-,22-,23-,26-/m1/s1. The summed E-state index contributed by atoms with van der Waals surface area (Å²) in [5, 5.41) is 3.02. The van der Waals surface area contributed by atoms with Crippen LogP contribution in [0.4, 0.5) is 0 Å². The normalized spacial score (nSPS) is 27.9. The molecule has 4 atom stereocenters. The van der Waals surface area contributed by atoms with Crippen molar-refractivity contribution in [3.8, 4) is 17.2 Å². The highest BCUT2D eigenvalue weighted by atomic mass is 16.7. The summed E-state index contributed by atoms with van der Waals surface area (Å²) in [5.74, 6) is 1.01. The molecule has 1 spiro atoms. The number of benzene rings is 2. The molecule has 2 aromatic carbocycles. The summed E-state index contributed by atoms with van der Waals surface area (Å²) in [6.07, 6.45) is 4.24. The number of nitrogens with one attached hydrogen (secondary N) is 1. The van der Waals surface area contributed by atoms with Gasteiger partial charge < -0.3 is 29.2 Å². The molecule has 2 saturated heterocycles. The van der Waals surface area contributed by atoms with Crippen LogP contribution in [0, 0.1) is 11.8 Å². The third-order valence-corrected chi connectivity index (χ3v) is 7.16. The lowest BCUT2D eigenvalue weighted by Gasteiger charge is -2.23. The van der Waals surface area contributed by atoms with Crippen LogP contribution in [0.3, 0.4) is 0 Å². The van der Waals surface area contributed by atoms with Gasteiger partial charge in [-0.15, -0.1) is 0 Å². The van der Waals surface area contributed by atoms with E-state index in [1.807, 2.05) is 54.6 Å². The maximum absolute atomic E-state index is 13.4. The molecule has 0 aromatic heterocycles. The molecule has 4 aliphatic rings. The Bertz CT molecular complexity index is 1160. The van der Waals surface area contributed by atoms with E-state index in [2.05, 4.69) is 5.32 Å². The lowest BCUT2D eigenvalue weighted by atomic mass is 9.77. The molecule has 8 heteroatoms. The number of fused-ring (bicyclic) bond motifs is 2. The quantitative estimate of drug-likeness (QED) is 0.634. The van der Waals surface area contributed by atoms with E-state index in [1.54, 1.807) is 12.0 Å². The van der Waals surface area contributed by atoms with Gasteiger partial charge in [0.2, 0.25) is 18.6 Å². The van der Waals surface area contributed by atoms with Crippen LogP contribution in [0.15, 0.2) is 54.6 Å². The predicted molar refractivity (Wildman–Crippen MR) is 121 cm³/mol. The Morgan fingerprint density at radius 3 is 2.76 bits per heavy atom. The minimum absolute atomic E-state index is 0.0418. The molecular formula is C26H26N2O6. The zero-order chi connectivity index (χ0) is 23.3. The zero-order valence-electron chi connectivity index (χ0n) is 18.9. The third kappa shape index (κ3) is 3.40. The number of hydrogen-bond donors (Lipinski definition) is 1. The second kappa shape index (κ2) is 8.06. The summed E-state index contributed by atoms with van der Waals surface area (Å²) in [5.41, 5.74) is 1.33. The number of carbonyl (C=O) groups excluding carboxylic acids is 2. The molecule has 0 radical (unpaired) electrons. The van der Waals surface area contributed by atoms with Gasteiger partial charge >= 0.3 is 0 Å². The van der Waals surface area contributed by atoms with Crippen molar-refractivity contribution in [3.63, 3.8) is 0 Å². The molecule has 4 heterocycles. The summed E-state index contributed by atoms with van der Waals surface area (Å²) in [6.45, 7) is 1.57. The van der Waals surface area contributed by atoms with Gasteiger partial charge in [-0.05, 0) is 41.8 Å². The van der Waals surface area contributed by atoms with Crippen molar-refractivity contribution in [1.29, 1.82) is 0 Å². The molecule has 2 bridgehead atoms. The Morgan fingerprint density at radius 2 is 1.94 bits per heavy atom. The first-order valence-electron chi connectivity index (χ1n) is 11.5. The van der Waals surface area contributed by atoms with E-state index in [0.29, 0.717) is 37.6 Å². The lowest BCUT2D eigenvalue weighted by molar-refractivity contribution is -0.137. The molecule has 8 nitrogen and oxygen atoms in total. The Balaban J connectivity index is 1.12. The van der Waals surface area contributed by atoms with Gasteiger partial charge in [-0.2, -0.15) is 0 Å². The molecule has 176 valence electrons. The number of nitrogens with zero attached hydrogens (tertiary/aromatic N) is 1. The van der Waals surface area contributed by atoms with Crippen molar-refractivity contribution >= 4 is 11.8 Å². The van der Waals surface area contributed by atoms with Crippen molar-refractivity contribution in [1.82, 2.24) is 10.2 Å². The highest BCUT2D eigenvalue weighted by Crippen LogP contribution is 2.52. The van der Waals surface area contributed by atoms with E-state index >= 15 is 0 Å². The summed E-state index contributed by atoms with van der Waals surface area (Å²) < 4.78 is 22.2. The maximum atomic E-state index is 13.4. The van der Waals surface area contributed by atoms with Gasteiger partial charge in [-0.25, -0.2) is 0 Å². The van der Waals surface area contributed by atoms with E-state index in [4.69, 9.17) is 18.9 Å². The maximum Gasteiger partial charge on any atom is 0.231 e. The van der Waals surface area contributed by atoms with Gasteiger partial charge in [-0.3, -0.25) is 9.59 Å². The number of methoxy groups -OCH3 is 1. The predicted octanol–water partition coefficient (Wildman–Crippen LogP) is 2.06. The average molecular weight is 463 g/mol. The lowest BCUT2D eigenvalue weighted by Crippen LogP contribution is -2.44. The number of rotatable bonds is 7. The number of carbonyl (C=O) groups is 2. The van der Waals surface area contributed by atoms with Gasteiger partial charge in [-0.1, -0.05) is 30.4 Å². The van der Waals surface area contributed by atoms with Crippen molar-refractivity contribution < 1.29 is 28.5 Å². The third-order valence-electron chi connectivity index (χ3n) is 7.16. The van der Waals surface area contributed by atoms with Crippen LogP contribution in [-0.4, -0.2) is 55.4 Å². The van der Waals surface area contributed by atoms with E-state index in [-0.39, 0.29) is 24.7 Å². The second-order valence-electron chi connectivity index (χ2n) is 9.17. The molecule has 2 fully saturated rings. The van der Waals surface area contributed by atoms with Crippen molar-refractivity contribution in [2.45, 2.75) is 24.7 Å². The molecule has 2 aromatic rings. The first-order valence-corrected chi connectivity index (χ1v) is 11.5. The Kier molecular flexibility index (Phi) is 4.99.